The Labute approximate surface area is 134 Å². The van der Waals surface area contributed by atoms with Gasteiger partial charge in [-0.15, -0.1) is 0 Å². The minimum atomic E-state index is -0.455. The average Bonchev–Trinajstić information content (AvgIpc) is 2.92. The van der Waals surface area contributed by atoms with Gasteiger partial charge in [0.25, 0.3) is 0 Å². The first kappa shape index (κ1) is 17.4. The lowest BCUT2D eigenvalue weighted by Crippen LogP contribution is -2.40. The summed E-state index contributed by atoms with van der Waals surface area (Å²) < 4.78 is 11.6. The summed E-state index contributed by atoms with van der Waals surface area (Å²) >= 11 is 0. The van der Waals surface area contributed by atoms with Crippen molar-refractivity contribution in [2.45, 2.75) is 31.8 Å². The highest BCUT2D eigenvalue weighted by atomic mass is 16.6. The maximum atomic E-state index is 11.4. The van der Waals surface area contributed by atoms with Crippen LogP contribution in [-0.4, -0.2) is 58.3 Å². The topological polar surface area (TPSA) is 99.7 Å². The predicted molar refractivity (Wildman–Crippen MR) is 80.7 cm³/mol. The van der Waals surface area contributed by atoms with E-state index in [1.54, 1.807) is 7.05 Å². The molecule has 9 heteroatoms. The number of hydrogen-bond acceptors (Lipinski definition) is 7. The van der Waals surface area contributed by atoms with E-state index in [1.165, 1.54) is 17.9 Å². The maximum Gasteiger partial charge on any atom is 0.342 e. The van der Waals surface area contributed by atoms with Crippen LogP contribution >= 0.6 is 0 Å². The molecule has 1 saturated heterocycles. The van der Waals surface area contributed by atoms with E-state index < -0.39 is 4.92 Å². The van der Waals surface area contributed by atoms with Crippen molar-refractivity contribution in [1.82, 2.24) is 14.5 Å². The minimum absolute atomic E-state index is 0.0418. The summed E-state index contributed by atoms with van der Waals surface area (Å²) in [7, 11) is 2.99. The van der Waals surface area contributed by atoms with Crippen LogP contribution < -0.4 is 0 Å². The Hall–Kier alpha value is -2.00. The molecular weight excluding hydrogens is 304 g/mol. The average molecular weight is 326 g/mol. The van der Waals surface area contributed by atoms with Crippen LogP contribution in [0.4, 0.5) is 5.82 Å². The molecule has 0 saturated carbocycles. The highest BCUT2D eigenvalue weighted by molar-refractivity contribution is 5.69. The Morgan fingerprint density at radius 2 is 2.26 bits per heavy atom. The molecule has 0 bridgehead atoms. The van der Waals surface area contributed by atoms with Crippen LogP contribution in [0, 0.1) is 10.1 Å². The number of carbonyl (C=O) groups is 1. The number of ether oxygens (including phenoxy) is 2. The molecule has 2 heterocycles. The summed E-state index contributed by atoms with van der Waals surface area (Å²) in [6.07, 6.45) is 3.28. The fourth-order valence-corrected chi connectivity index (χ4v) is 2.71. The quantitative estimate of drug-likeness (QED) is 0.416. The van der Waals surface area contributed by atoms with Crippen molar-refractivity contribution in [3.63, 3.8) is 0 Å². The van der Waals surface area contributed by atoms with Gasteiger partial charge in [0.2, 0.25) is 5.82 Å². The summed E-state index contributed by atoms with van der Waals surface area (Å²) in [6.45, 7) is 2.34. The highest BCUT2D eigenvalue weighted by Gasteiger charge is 2.26. The lowest BCUT2D eigenvalue weighted by Gasteiger charge is -2.33. The SMILES string of the molecule is COC(=O)CCN(Cc1ncc([N+](=O)[O-])n1C)C1CCOCC1. The van der Waals surface area contributed by atoms with Crippen molar-refractivity contribution in [3.05, 3.63) is 22.1 Å². The fraction of sp³-hybridized carbons (Fsp3) is 0.714. The lowest BCUT2D eigenvalue weighted by atomic mass is 10.1. The summed E-state index contributed by atoms with van der Waals surface area (Å²) in [6, 6.07) is 0.268. The summed E-state index contributed by atoms with van der Waals surface area (Å²) in [5.41, 5.74) is 0. The zero-order valence-electron chi connectivity index (χ0n) is 13.4. The number of esters is 1. The number of rotatable bonds is 7. The summed E-state index contributed by atoms with van der Waals surface area (Å²) in [5, 5.41) is 10.9. The van der Waals surface area contributed by atoms with Gasteiger partial charge in [-0.2, -0.15) is 0 Å². The van der Waals surface area contributed by atoms with Crippen LogP contribution in [0.3, 0.4) is 0 Å². The van der Waals surface area contributed by atoms with Crippen molar-refractivity contribution in [1.29, 1.82) is 0 Å². The first-order valence-corrected chi connectivity index (χ1v) is 7.56. The fourth-order valence-electron chi connectivity index (χ4n) is 2.71. The molecule has 0 aliphatic carbocycles. The van der Waals surface area contributed by atoms with E-state index >= 15 is 0 Å². The highest BCUT2D eigenvalue weighted by Crippen LogP contribution is 2.19. The Kier molecular flexibility index (Phi) is 6.05. The number of carbonyl (C=O) groups excluding carboxylic acids is 1. The van der Waals surface area contributed by atoms with E-state index in [9.17, 15) is 14.9 Å². The first-order valence-electron chi connectivity index (χ1n) is 7.56. The standard InChI is InChI=1S/C14H22N4O5/c1-16-12(15-9-13(16)18(20)21)10-17(6-3-14(19)22-2)11-4-7-23-8-5-11/h9,11H,3-8,10H2,1-2H3. The van der Waals surface area contributed by atoms with E-state index in [1.807, 2.05) is 0 Å². The van der Waals surface area contributed by atoms with Gasteiger partial charge >= 0.3 is 11.8 Å². The second-order valence-electron chi connectivity index (χ2n) is 5.49. The van der Waals surface area contributed by atoms with Crippen molar-refractivity contribution >= 4 is 11.8 Å². The zero-order chi connectivity index (χ0) is 16.8. The van der Waals surface area contributed by atoms with Gasteiger partial charge in [0.15, 0.2) is 0 Å². The molecule has 0 atom stereocenters. The number of nitrogens with zero attached hydrogens (tertiary/aromatic N) is 4. The molecule has 2 rings (SSSR count). The Morgan fingerprint density at radius 3 is 2.83 bits per heavy atom. The minimum Gasteiger partial charge on any atom is -0.469 e. The van der Waals surface area contributed by atoms with Crippen molar-refractivity contribution in [2.24, 2.45) is 7.05 Å². The molecule has 1 aromatic rings. The van der Waals surface area contributed by atoms with Gasteiger partial charge in [0.1, 0.15) is 6.20 Å². The molecule has 0 aromatic carbocycles. The number of methoxy groups -OCH3 is 1. The molecule has 0 N–H and O–H groups in total. The van der Waals surface area contributed by atoms with Crippen LogP contribution in [0.2, 0.25) is 0 Å². The number of nitro groups is 1. The van der Waals surface area contributed by atoms with E-state index in [4.69, 9.17) is 9.47 Å². The second kappa shape index (κ2) is 8.02. The van der Waals surface area contributed by atoms with E-state index in [0.717, 1.165) is 12.8 Å². The third kappa shape index (κ3) is 4.49. The van der Waals surface area contributed by atoms with Crippen LogP contribution in [0.5, 0.6) is 0 Å². The van der Waals surface area contributed by atoms with Gasteiger partial charge in [0, 0.05) is 25.8 Å². The largest absolute Gasteiger partial charge is 0.469 e. The lowest BCUT2D eigenvalue weighted by molar-refractivity contribution is -0.391. The molecule has 0 unspecified atom stereocenters. The third-order valence-electron chi connectivity index (χ3n) is 4.13. The number of imidazole rings is 1. The van der Waals surface area contributed by atoms with Crippen molar-refractivity contribution in [3.8, 4) is 0 Å². The predicted octanol–water partition coefficient (Wildman–Crippen LogP) is 0.872. The molecule has 9 nitrogen and oxygen atoms in total. The van der Waals surface area contributed by atoms with E-state index in [-0.39, 0.29) is 24.2 Å². The molecule has 23 heavy (non-hydrogen) atoms. The van der Waals surface area contributed by atoms with Crippen molar-refractivity contribution < 1.29 is 19.2 Å². The van der Waals surface area contributed by atoms with Gasteiger partial charge in [0.05, 0.1) is 27.1 Å². The second-order valence-corrected chi connectivity index (χ2v) is 5.49. The van der Waals surface area contributed by atoms with Gasteiger partial charge in [-0.3, -0.25) is 9.69 Å². The van der Waals surface area contributed by atoms with Gasteiger partial charge in [-0.25, -0.2) is 9.55 Å². The molecule has 0 spiro atoms. The van der Waals surface area contributed by atoms with E-state index in [0.29, 0.717) is 32.1 Å². The normalized spacial score (nSPS) is 15.8. The van der Waals surface area contributed by atoms with Gasteiger partial charge in [-0.1, -0.05) is 0 Å². The van der Waals surface area contributed by atoms with Crippen LogP contribution in [0.1, 0.15) is 25.1 Å². The van der Waals surface area contributed by atoms with Gasteiger partial charge < -0.3 is 19.6 Å². The van der Waals surface area contributed by atoms with Crippen molar-refractivity contribution in [2.75, 3.05) is 26.9 Å². The molecule has 1 aliphatic rings. The molecule has 0 amide bonds. The van der Waals surface area contributed by atoms with Gasteiger partial charge in [-0.05, 0) is 17.8 Å². The molecule has 0 radical (unpaired) electrons. The zero-order valence-corrected chi connectivity index (χ0v) is 13.4. The summed E-state index contributed by atoms with van der Waals surface area (Å²) in [5.74, 6) is 0.292. The molecular formula is C14H22N4O5. The Balaban J connectivity index is 2.09. The molecule has 128 valence electrons. The monoisotopic (exact) mass is 326 g/mol. The smallest absolute Gasteiger partial charge is 0.342 e. The molecule has 1 aromatic heterocycles. The summed E-state index contributed by atoms with van der Waals surface area (Å²) in [4.78, 5) is 28.2. The number of aromatic nitrogens is 2. The van der Waals surface area contributed by atoms with Crippen LogP contribution in [-0.2, 0) is 27.9 Å². The Bertz CT molecular complexity index is 553. The third-order valence-corrected chi connectivity index (χ3v) is 4.13. The number of hydrogen-bond donors (Lipinski definition) is 0. The Morgan fingerprint density at radius 1 is 1.57 bits per heavy atom. The molecule has 1 aliphatic heterocycles. The first-order chi connectivity index (χ1) is 11.0. The van der Waals surface area contributed by atoms with E-state index in [2.05, 4.69) is 9.88 Å². The maximum absolute atomic E-state index is 11.4. The molecule has 1 fully saturated rings. The van der Waals surface area contributed by atoms with Crippen LogP contribution in [0.25, 0.3) is 0 Å². The van der Waals surface area contributed by atoms with Crippen LogP contribution in [0.15, 0.2) is 6.20 Å².